The first-order valence-corrected chi connectivity index (χ1v) is 6.34. The Balaban J connectivity index is 2.86. The fourth-order valence-corrected chi connectivity index (χ4v) is 1.80. The molecule has 2 N–H and O–H groups in total. The highest BCUT2D eigenvalue weighted by molar-refractivity contribution is 7.80. The van der Waals surface area contributed by atoms with Crippen LogP contribution in [-0.4, -0.2) is 36.1 Å². The molecule has 0 aliphatic rings. The minimum atomic E-state index is -0.0110. The number of thiocarbonyl (C=S) groups is 1. The summed E-state index contributed by atoms with van der Waals surface area (Å²) in [7, 11) is 1.76. The Hall–Kier alpha value is -1.62. The predicted molar refractivity (Wildman–Crippen MR) is 79.0 cm³/mol. The molecule has 0 heterocycles. The molecule has 0 fully saturated rings. The van der Waals surface area contributed by atoms with Crippen LogP contribution in [0.5, 0.6) is 0 Å². The average molecular weight is 265 g/mol. The Morgan fingerprint density at radius 2 is 1.72 bits per heavy atom. The Morgan fingerprint density at radius 3 is 2.11 bits per heavy atom. The van der Waals surface area contributed by atoms with Gasteiger partial charge in [-0.3, -0.25) is 4.90 Å². The summed E-state index contributed by atoms with van der Waals surface area (Å²) >= 11 is 4.89. The van der Waals surface area contributed by atoms with Crippen molar-refractivity contribution in [2.24, 2.45) is 5.73 Å². The number of carbonyl (C=O) groups is 1. The van der Waals surface area contributed by atoms with Crippen LogP contribution in [0.1, 0.15) is 19.4 Å². The second-order valence-electron chi connectivity index (χ2n) is 3.93. The van der Waals surface area contributed by atoms with Crippen molar-refractivity contribution in [1.82, 2.24) is 4.90 Å². The van der Waals surface area contributed by atoms with E-state index in [1.165, 1.54) is 0 Å². The molecule has 0 spiro atoms. The molecule has 0 aliphatic heterocycles. The third kappa shape index (κ3) is 3.20. The van der Waals surface area contributed by atoms with Gasteiger partial charge < -0.3 is 10.6 Å². The Bertz CT molecular complexity index is 426. The molecule has 1 aromatic rings. The molecule has 4 nitrogen and oxygen atoms in total. The maximum Gasteiger partial charge on any atom is 0.324 e. The molecule has 0 aromatic heterocycles. The highest BCUT2D eigenvalue weighted by atomic mass is 32.1. The van der Waals surface area contributed by atoms with Gasteiger partial charge in [0, 0.05) is 31.4 Å². The molecule has 0 saturated carbocycles. The van der Waals surface area contributed by atoms with Crippen molar-refractivity contribution >= 4 is 28.9 Å². The van der Waals surface area contributed by atoms with Crippen molar-refractivity contribution in [2.75, 3.05) is 25.0 Å². The van der Waals surface area contributed by atoms with Crippen molar-refractivity contribution < 1.29 is 4.79 Å². The van der Waals surface area contributed by atoms with Gasteiger partial charge in [-0.05, 0) is 38.1 Å². The lowest BCUT2D eigenvalue weighted by Crippen LogP contribution is -2.41. The summed E-state index contributed by atoms with van der Waals surface area (Å²) in [6.45, 7) is 5.33. The Labute approximate surface area is 113 Å². The first kappa shape index (κ1) is 14.4. The molecule has 18 heavy (non-hydrogen) atoms. The third-order valence-corrected chi connectivity index (χ3v) is 3.10. The SMILES string of the molecule is CCN(CC)C(=O)N(C)c1ccc(C(N)=S)cc1. The molecular weight excluding hydrogens is 246 g/mol. The molecule has 98 valence electrons. The molecule has 0 bridgehead atoms. The molecule has 5 heteroatoms. The monoisotopic (exact) mass is 265 g/mol. The van der Waals surface area contributed by atoms with E-state index in [-0.39, 0.29) is 6.03 Å². The van der Waals surface area contributed by atoms with Crippen molar-refractivity contribution in [3.05, 3.63) is 29.8 Å². The van der Waals surface area contributed by atoms with Crippen LogP contribution in [0.15, 0.2) is 24.3 Å². The average Bonchev–Trinajstić information content (AvgIpc) is 2.39. The van der Waals surface area contributed by atoms with Crippen LogP contribution in [0.25, 0.3) is 0 Å². The van der Waals surface area contributed by atoms with Gasteiger partial charge in [-0.1, -0.05) is 12.2 Å². The van der Waals surface area contributed by atoms with Gasteiger partial charge in [0.2, 0.25) is 0 Å². The number of nitrogens with two attached hydrogens (primary N) is 1. The molecule has 0 atom stereocenters. The molecule has 1 aromatic carbocycles. The lowest BCUT2D eigenvalue weighted by Gasteiger charge is -2.26. The third-order valence-electron chi connectivity index (χ3n) is 2.86. The van der Waals surface area contributed by atoms with Gasteiger partial charge in [0.05, 0.1) is 0 Å². The second kappa shape index (κ2) is 6.35. The van der Waals surface area contributed by atoms with E-state index in [0.29, 0.717) is 18.1 Å². The van der Waals surface area contributed by atoms with E-state index in [2.05, 4.69) is 0 Å². The van der Waals surface area contributed by atoms with Gasteiger partial charge in [0.1, 0.15) is 4.99 Å². The number of carbonyl (C=O) groups excluding carboxylic acids is 1. The topological polar surface area (TPSA) is 49.6 Å². The van der Waals surface area contributed by atoms with Crippen molar-refractivity contribution in [3.8, 4) is 0 Å². The molecule has 0 unspecified atom stereocenters. The van der Waals surface area contributed by atoms with Gasteiger partial charge in [0.15, 0.2) is 0 Å². The fraction of sp³-hybridized carbons (Fsp3) is 0.385. The molecular formula is C13H19N3OS. The molecule has 0 saturated heterocycles. The van der Waals surface area contributed by atoms with E-state index in [9.17, 15) is 4.79 Å². The summed E-state index contributed by atoms with van der Waals surface area (Å²) in [6.07, 6.45) is 0. The summed E-state index contributed by atoms with van der Waals surface area (Å²) < 4.78 is 0. The number of hydrogen-bond donors (Lipinski definition) is 1. The standard InChI is InChI=1S/C13H19N3OS/c1-4-16(5-2)13(17)15(3)11-8-6-10(7-9-11)12(14)18/h6-9H,4-5H2,1-3H3,(H2,14,18). The quantitative estimate of drug-likeness (QED) is 0.849. The van der Waals surface area contributed by atoms with Crippen LogP contribution in [-0.2, 0) is 0 Å². The predicted octanol–water partition coefficient (Wildman–Crippen LogP) is 2.22. The van der Waals surface area contributed by atoms with E-state index in [4.69, 9.17) is 18.0 Å². The summed E-state index contributed by atoms with van der Waals surface area (Å²) in [6, 6.07) is 7.32. The number of hydrogen-bond acceptors (Lipinski definition) is 2. The lowest BCUT2D eigenvalue weighted by molar-refractivity contribution is 0.211. The largest absolute Gasteiger partial charge is 0.389 e. The smallest absolute Gasteiger partial charge is 0.324 e. The zero-order valence-electron chi connectivity index (χ0n) is 11.0. The summed E-state index contributed by atoms with van der Waals surface area (Å²) in [5.41, 5.74) is 7.16. The zero-order chi connectivity index (χ0) is 13.7. The first-order chi connectivity index (χ1) is 8.51. The maximum atomic E-state index is 12.1. The Morgan fingerprint density at radius 1 is 1.22 bits per heavy atom. The van der Waals surface area contributed by atoms with Crippen molar-refractivity contribution in [3.63, 3.8) is 0 Å². The molecule has 2 amide bonds. The van der Waals surface area contributed by atoms with Crippen LogP contribution in [0, 0.1) is 0 Å². The Kier molecular flexibility index (Phi) is 5.09. The van der Waals surface area contributed by atoms with Gasteiger partial charge in [-0.15, -0.1) is 0 Å². The first-order valence-electron chi connectivity index (χ1n) is 5.93. The van der Waals surface area contributed by atoms with Crippen LogP contribution in [0.3, 0.4) is 0 Å². The minimum absolute atomic E-state index is 0.0110. The number of rotatable bonds is 4. The normalized spacial score (nSPS) is 9.94. The number of urea groups is 1. The highest BCUT2D eigenvalue weighted by Gasteiger charge is 2.16. The summed E-state index contributed by atoms with van der Waals surface area (Å²) in [4.78, 5) is 15.9. The number of anilines is 1. The van der Waals surface area contributed by atoms with E-state index in [1.807, 2.05) is 38.1 Å². The number of nitrogens with zero attached hydrogens (tertiary/aromatic N) is 2. The van der Waals surface area contributed by atoms with Crippen LogP contribution in [0.2, 0.25) is 0 Å². The van der Waals surface area contributed by atoms with E-state index in [1.54, 1.807) is 16.8 Å². The van der Waals surface area contributed by atoms with Gasteiger partial charge in [-0.2, -0.15) is 0 Å². The minimum Gasteiger partial charge on any atom is -0.389 e. The van der Waals surface area contributed by atoms with Crippen molar-refractivity contribution in [2.45, 2.75) is 13.8 Å². The molecule has 0 aliphatic carbocycles. The fourth-order valence-electron chi connectivity index (χ4n) is 1.67. The summed E-state index contributed by atoms with van der Waals surface area (Å²) in [5.74, 6) is 0. The number of amides is 2. The zero-order valence-corrected chi connectivity index (χ0v) is 11.8. The second-order valence-corrected chi connectivity index (χ2v) is 4.36. The maximum absolute atomic E-state index is 12.1. The highest BCUT2D eigenvalue weighted by Crippen LogP contribution is 2.15. The van der Waals surface area contributed by atoms with E-state index >= 15 is 0 Å². The van der Waals surface area contributed by atoms with Gasteiger partial charge in [0.25, 0.3) is 0 Å². The van der Waals surface area contributed by atoms with Crippen LogP contribution < -0.4 is 10.6 Å². The van der Waals surface area contributed by atoms with Crippen LogP contribution >= 0.6 is 12.2 Å². The molecule has 0 radical (unpaired) electrons. The van der Waals surface area contributed by atoms with Gasteiger partial charge >= 0.3 is 6.03 Å². The van der Waals surface area contributed by atoms with Gasteiger partial charge in [-0.25, -0.2) is 4.79 Å². The van der Waals surface area contributed by atoms with E-state index < -0.39 is 0 Å². The lowest BCUT2D eigenvalue weighted by atomic mass is 10.2. The molecule has 1 rings (SSSR count). The number of benzene rings is 1. The van der Waals surface area contributed by atoms with Crippen LogP contribution in [0.4, 0.5) is 10.5 Å². The summed E-state index contributed by atoms with van der Waals surface area (Å²) in [5, 5.41) is 0. The van der Waals surface area contributed by atoms with Crippen molar-refractivity contribution in [1.29, 1.82) is 0 Å². The van der Waals surface area contributed by atoms with E-state index in [0.717, 1.165) is 11.3 Å².